The Balaban J connectivity index is 1.31. The van der Waals surface area contributed by atoms with Crippen molar-refractivity contribution in [2.75, 3.05) is 24.7 Å². The van der Waals surface area contributed by atoms with E-state index in [4.69, 9.17) is 11.6 Å². The molecule has 1 spiro atoms. The average molecular weight is 419 g/mol. The number of carbonyl (C=O) groups is 1. The maximum Gasteiger partial charge on any atom is 0.228 e. The number of piperidine rings is 1. The molecule has 1 amide bonds. The lowest BCUT2D eigenvalue weighted by Gasteiger charge is -2.33. The SMILES string of the molecule is CSc1ccc(NC(=O)C2CC23CCN(Cc2c(F)cccc2Cl)CC3)cc1. The summed E-state index contributed by atoms with van der Waals surface area (Å²) in [6, 6.07) is 12.8. The van der Waals surface area contributed by atoms with Gasteiger partial charge in [0.15, 0.2) is 0 Å². The van der Waals surface area contributed by atoms with Crippen LogP contribution in [0.3, 0.4) is 0 Å². The fraction of sp³-hybridized carbons (Fsp3) is 0.409. The minimum atomic E-state index is -0.246. The monoisotopic (exact) mass is 418 g/mol. The molecule has 2 aromatic rings. The van der Waals surface area contributed by atoms with Crippen molar-refractivity contribution in [2.45, 2.75) is 30.7 Å². The normalized spacial score (nSPS) is 20.9. The molecule has 1 saturated heterocycles. The van der Waals surface area contributed by atoms with Crippen LogP contribution in [0.4, 0.5) is 10.1 Å². The summed E-state index contributed by atoms with van der Waals surface area (Å²) < 4.78 is 14.0. The molecule has 1 atom stereocenters. The summed E-state index contributed by atoms with van der Waals surface area (Å²) in [5, 5.41) is 3.55. The van der Waals surface area contributed by atoms with Crippen LogP contribution in [0.1, 0.15) is 24.8 Å². The number of benzene rings is 2. The molecule has 1 aliphatic carbocycles. The van der Waals surface area contributed by atoms with Gasteiger partial charge in [-0.3, -0.25) is 9.69 Å². The largest absolute Gasteiger partial charge is 0.326 e. The zero-order chi connectivity index (χ0) is 19.7. The van der Waals surface area contributed by atoms with Crippen molar-refractivity contribution in [3.8, 4) is 0 Å². The maximum absolute atomic E-state index is 14.0. The van der Waals surface area contributed by atoms with Crippen molar-refractivity contribution in [2.24, 2.45) is 11.3 Å². The molecule has 2 fully saturated rings. The average Bonchev–Trinajstić information content (AvgIpc) is 3.41. The fourth-order valence-electron chi connectivity index (χ4n) is 4.24. The third kappa shape index (κ3) is 4.07. The van der Waals surface area contributed by atoms with Crippen LogP contribution in [-0.4, -0.2) is 30.2 Å². The van der Waals surface area contributed by atoms with E-state index in [1.165, 1.54) is 11.0 Å². The van der Waals surface area contributed by atoms with Crippen LogP contribution in [0.25, 0.3) is 0 Å². The molecule has 2 aliphatic rings. The highest BCUT2D eigenvalue weighted by Gasteiger charge is 2.58. The number of carbonyl (C=O) groups excluding carboxylic acids is 1. The van der Waals surface area contributed by atoms with Crippen LogP contribution in [0.5, 0.6) is 0 Å². The van der Waals surface area contributed by atoms with Crippen LogP contribution in [0.2, 0.25) is 5.02 Å². The van der Waals surface area contributed by atoms with E-state index in [0.717, 1.165) is 38.0 Å². The van der Waals surface area contributed by atoms with Gasteiger partial charge in [-0.15, -0.1) is 11.8 Å². The van der Waals surface area contributed by atoms with E-state index in [0.29, 0.717) is 17.1 Å². The Morgan fingerprint density at radius 2 is 1.96 bits per heavy atom. The van der Waals surface area contributed by atoms with E-state index >= 15 is 0 Å². The summed E-state index contributed by atoms with van der Waals surface area (Å²) in [4.78, 5) is 16.1. The second-order valence-electron chi connectivity index (χ2n) is 7.81. The van der Waals surface area contributed by atoms with Crippen LogP contribution in [-0.2, 0) is 11.3 Å². The summed E-state index contributed by atoms with van der Waals surface area (Å²) in [6.07, 6.45) is 4.94. The number of halogens is 2. The van der Waals surface area contributed by atoms with Crippen molar-refractivity contribution in [1.82, 2.24) is 4.90 Å². The Morgan fingerprint density at radius 3 is 2.61 bits per heavy atom. The zero-order valence-corrected chi connectivity index (χ0v) is 17.5. The molecule has 1 N–H and O–H groups in total. The van der Waals surface area contributed by atoms with Crippen LogP contribution >= 0.6 is 23.4 Å². The number of hydrogen-bond acceptors (Lipinski definition) is 3. The van der Waals surface area contributed by atoms with Gasteiger partial charge in [-0.1, -0.05) is 17.7 Å². The lowest BCUT2D eigenvalue weighted by atomic mass is 9.90. The van der Waals surface area contributed by atoms with Gasteiger partial charge in [0.2, 0.25) is 5.91 Å². The molecule has 28 heavy (non-hydrogen) atoms. The minimum absolute atomic E-state index is 0.0897. The third-order valence-electron chi connectivity index (χ3n) is 6.16. The summed E-state index contributed by atoms with van der Waals surface area (Å²) >= 11 is 7.84. The Morgan fingerprint density at radius 1 is 1.25 bits per heavy atom. The zero-order valence-electron chi connectivity index (χ0n) is 15.9. The number of thioether (sulfide) groups is 1. The quantitative estimate of drug-likeness (QED) is 0.656. The van der Waals surface area contributed by atoms with Gasteiger partial charge in [-0.2, -0.15) is 0 Å². The molecule has 2 aromatic carbocycles. The Kier molecular flexibility index (Phi) is 5.68. The number of nitrogens with zero attached hydrogens (tertiary/aromatic N) is 1. The highest BCUT2D eigenvalue weighted by molar-refractivity contribution is 7.98. The number of rotatable bonds is 5. The maximum atomic E-state index is 14.0. The predicted molar refractivity (Wildman–Crippen MR) is 113 cm³/mol. The van der Waals surface area contributed by atoms with Crippen LogP contribution in [0.15, 0.2) is 47.4 Å². The molecule has 3 nitrogen and oxygen atoms in total. The molecule has 1 saturated carbocycles. The molecular weight excluding hydrogens is 395 g/mol. The first-order valence-electron chi connectivity index (χ1n) is 9.61. The summed E-state index contributed by atoms with van der Waals surface area (Å²) in [5.74, 6) is -0.0293. The van der Waals surface area contributed by atoms with E-state index < -0.39 is 0 Å². The molecule has 1 unspecified atom stereocenters. The van der Waals surface area contributed by atoms with E-state index in [2.05, 4.69) is 10.2 Å². The van der Waals surface area contributed by atoms with Gasteiger partial charge < -0.3 is 5.32 Å². The van der Waals surface area contributed by atoms with Gasteiger partial charge in [0.25, 0.3) is 0 Å². The number of anilines is 1. The van der Waals surface area contributed by atoms with Crippen LogP contribution < -0.4 is 5.32 Å². The van der Waals surface area contributed by atoms with Crippen molar-refractivity contribution in [1.29, 1.82) is 0 Å². The molecule has 0 aromatic heterocycles. The van der Waals surface area contributed by atoms with Crippen molar-refractivity contribution in [3.05, 3.63) is 58.9 Å². The fourth-order valence-corrected chi connectivity index (χ4v) is 4.87. The lowest BCUT2D eigenvalue weighted by molar-refractivity contribution is -0.118. The number of hydrogen-bond donors (Lipinski definition) is 1. The molecular formula is C22H24ClFN2OS. The first-order valence-corrected chi connectivity index (χ1v) is 11.2. The van der Waals surface area contributed by atoms with Gasteiger partial charge in [-0.05, 0) is 80.4 Å². The molecule has 0 bridgehead atoms. The first kappa shape index (κ1) is 19.7. The molecule has 1 heterocycles. The Hall–Kier alpha value is -1.56. The second-order valence-corrected chi connectivity index (χ2v) is 9.10. The van der Waals surface area contributed by atoms with Gasteiger partial charge in [-0.25, -0.2) is 4.39 Å². The number of amides is 1. The smallest absolute Gasteiger partial charge is 0.228 e. The summed E-state index contributed by atoms with van der Waals surface area (Å²) in [7, 11) is 0. The van der Waals surface area contributed by atoms with Gasteiger partial charge in [0, 0.05) is 33.6 Å². The molecule has 6 heteroatoms. The second kappa shape index (κ2) is 8.05. The molecule has 148 valence electrons. The highest BCUT2D eigenvalue weighted by atomic mass is 35.5. The van der Waals surface area contributed by atoms with E-state index in [9.17, 15) is 9.18 Å². The third-order valence-corrected chi connectivity index (χ3v) is 7.26. The van der Waals surface area contributed by atoms with Crippen LogP contribution in [0, 0.1) is 17.2 Å². The van der Waals surface area contributed by atoms with Gasteiger partial charge in [0.1, 0.15) is 5.82 Å². The number of likely N-dealkylation sites (tertiary alicyclic amines) is 1. The summed E-state index contributed by atoms with van der Waals surface area (Å²) in [5.41, 5.74) is 1.55. The van der Waals surface area contributed by atoms with Crippen molar-refractivity contribution >= 4 is 35.0 Å². The Labute approximate surface area is 174 Å². The summed E-state index contributed by atoms with van der Waals surface area (Å²) in [6.45, 7) is 2.27. The molecule has 1 aliphatic heterocycles. The van der Waals surface area contributed by atoms with E-state index in [1.807, 2.05) is 30.5 Å². The first-order chi connectivity index (χ1) is 13.5. The highest BCUT2D eigenvalue weighted by Crippen LogP contribution is 2.59. The van der Waals surface area contributed by atoms with Gasteiger partial charge in [0.05, 0.1) is 0 Å². The van der Waals surface area contributed by atoms with E-state index in [-0.39, 0.29) is 23.1 Å². The van der Waals surface area contributed by atoms with E-state index in [1.54, 1.807) is 23.9 Å². The number of nitrogens with one attached hydrogen (secondary N) is 1. The standard InChI is InChI=1S/C22H24ClFN2OS/c1-28-16-7-5-15(6-8-16)25-21(27)18-13-22(18)9-11-26(12-10-22)14-17-19(23)3-2-4-20(17)24/h2-8,18H,9-14H2,1H3,(H,25,27). The minimum Gasteiger partial charge on any atom is -0.326 e. The molecule has 0 radical (unpaired) electrons. The Bertz CT molecular complexity index is 845. The predicted octanol–water partition coefficient (Wildman–Crippen LogP) is 5.44. The topological polar surface area (TPSA) is 32.3 Å². The van der Waals surface area contributed by atoms with Crippen molar-refractivity contribution < 1.29 is 9.18 Å². The van der Waals surface area contributed by atoms with Gasteiger partial charge >= 0.3 is 0 Å². The van der Waals surface area contributed by atoms with Crippen molar-refractivity contribution in [3.63, 3.8) is 0 Å². The molecule has 4 rings (SSSR count). The lowest BCUT2D eigenvalue weighted by Crippen LogP contribution is -2.36.